The summed E-state index contributed by atoms with van der Waals surface area (Å²) in [7, 11) is 0. The average Bonchev–Trinajstić information content (AvgIpc) is 3.10. The number of anilines is 1. The first kappa shape index (κ1) is 19.0. The number of carbonyl (C=O) groups excluding carboxylic acids is 2. The number of H-pyrrole nitrogens is 1. The third kappa shape index (κ3) is 3.94. The second-order valence-electron chi connectivity index (χ2n) is 8.16. The van der Waals surface area contributed by atoms with E-state index in [0.29, 0.717) is 25.2 Å². The molecule has 2 amide bonds. The van der Waals surface area contributed by atoms with Gasteiger partial charge in [0.25, 0.3) is 5.91 Å². The van der Waals surface area contributed by atoms with E-state index >= 15 is 0 Å². The molecule has 1 aliphatic heterocycles. The number of aromatic nitrogens is 2. The Morgan fingerprint density at radius 3 is 2.69 bits per heavy atom. The predicted molar refractivity (Wildman–Crippen MR) is 111 cm³/mol. The molecule has 0 fully saturated rings. The quantitative estimate of drug-likeness (QED) is 0.687. The molecule has 0 saturated heterocycles. The van der Waals surface area contributed by atoms with Crippen molar-refractivity contribution in [3.8, 4) is 0 Å². The highest BCUT2D eigenvalue weighted by Gasteiger charge is 2.30. The van der Waals surface area contributed by atoms with Crippen molar-refractivity contribution in [2.45, 2.75) is 39.3 Å². The Bertz CT molecular complexity index is 1080. The Morgan fingerprint density at radius 2 is 1.90 bits per heavy atom. The van der Waals surface area contributed by atoms with Crippen LogP contribution in [-0.2, 0) is 17.7 Å². The van der Waals surface area contributed by atoms with Crippen LogP contribution in [0, 0.1) is 0 Å². The Kier molecular flexibility index (Phi) is 4.74. The second-order valence-corrected chi connectivity index (χ2v) is 8.16. The van der Waals surface area contributed by atoms with Crippen LogP contribution in [0.1, 0.15) is 42.5 Å². The molecule has 0 saturated carbocycles. The third-order valence-corrected chi connectivity index (χ3v) is 4.84. The molecule has 29 heavy (non-hydrogen) atoms. The van der Waals surface area contributed by atoms with E-state index in [0.717, 1.165) is 27.7 Å². The smallest absolute Gasteiger partial charge is 0.410 e. The van der Waals surface area contributed by atoms with Gasteiger partial charge in [-0.15, -0.1) is 0 Å². The molecule has 3 aromatic rings. The lowest BCUT2D eigenvalue weighted by Gasteiger charge is -2.30. The zero-order valence-electron chi connectivity index (χ0n) is 16.8. The maximum atomic E-state index is 13.0. The predicted octanol–water partition coefficient (Wildman–Crippen LogP) is 4.11. The van der Waals surface area contributed by atoms with Crippen LogP contribution < -0.4 is 5.32 Å². The molecule has 2 N–H and O–H groups in total. The summed E-state index contributed by atoms with van der Waals surface area (Å²) in [6, 6.07) is 13.6. The molecule has 0 aliphatic carbocycles. The van der Waals surface area contributed by atoms with E-state index in [1.165, 1.54) is 0 Å². The number of aromatic amines is 1. The molecular weight excluding hydrogens is 368 g/mol. The van der Waals surface area contributed by atoms with Crippen LogP contribution in [-0.4, -0.2) is 39.2 Å². The number of carbonyl (C=O) groups is 2. The van der Waals surface area contributed by atoms with E-state index in [1.54, 1.807) is 4.90 Å². The molecule has 7 heteroatoms. The molecule has 150 valence electrons. The molecule has 2 heterocycles. The SMILES string of the molecule is CC(C)(C)OC(=O)N1CCc2[nH]nc(C(=O)Nc3cccc4ccccc34)c2C1. The van der Waals surface area contributed by atoms with Crippen LogP contribution in [0.3, 0.4) is 0 Å². The van der Waals surface area contributed by atoms with Gasteiger partial charge in [0.05, 0.1) is 6.54 Å². The maximum Gasteiger partial charge on any atom is 0.410 e. The molecule has 0 spiro atoms. The molecule has 7 nitrogen and oxygen atoms in total. The fourth-order valence-corrected chi connectivity index (χ4v) is 3.48. The van der Waals surface area contributed by atoms with E-state index in [4.69, 9.17) is 4.74 Å². The summed E-state index contributed by atoms with van der Waals surface area (Å²) in [5.74, 6) is -0.301. The zero-order valence-corrected chi connectivity index (χ0v) is 16.8. The lowest BCUT2D eigenvalue weighted by atomic mass is 10.0. The maximum absolute atomic E-state index is 13.0. The largest absolute Gasteiger partial charge is 0.444 e. The Balaban J connectivity index is 1.56. The number of nitrogens with zero attached hydrogens (tertiary/aromatic N) is 2. The average molecular weight is 392 g/mol. The number of hydrogen-bond donors (Lipinski definition) is 2. The first-order chi connectivity index (χ1) is 13.8. The number of ether oxygens (including phenoxy) is 1. The van der Waals surface area contributed by atoms with Crippen LogP contribution in [0.15, 0.2) is 42.5 Å². The van der Waals surface area contributed by atoms with Gasteiger partial charge in [-0.05, 0) is 32.2 Å². The molecule has 0 bridgehead atoms. The first-order valence-electron chi connectivity index (χ1n) is 9.65. The van der Waals surface area contributed by atoms with E-state index < -0.39 is 5.60 Å². The van der Waals surface area contributed by atoms with Crippen molar-refractivity contribution in [1.82, 2.24) is 15.1 Å². The molecule has 0 atom stereocenters. The molecule has 4 rings (SSSR count). The molecular formula is C22H24N4O3. The van der Waals surface area contributed by atoms with Gasteiger partial charge in [-0.3, -0.25) is 9.89 Å². The fourth-order valence-electron chi connectivity index (χ4n) is 3.48. The van der Waals surface area contributed by atoms with Crippen molar-refractivity contribution in [3.05, 3.63) is 59.4 Å². The zero-order chi connectivity index (χ0) is 20.6. The van der Waals surface area contributed by atoms with Gasteiger partial charge in [-0.25, -0.2) is 4.79 Å². The minimum absolute atomic E-state index is 0.291. The van der Waals surface area contributed by atoms with Crippen LogP contribution >= 0.6 is 0 Å². The Morgan fingerprint density at radius 1 is 1.14 bits per heavy atom. The Hall–Kier alpha value is -3.35. The monoisotopic (exact) mass is 392 g/mol. The first-order valence-corrected chi connectivity index (χ1v) is 9.65. The minimum atomic E-state index is -0.567. The fraction of sp³-hybridized carbons (Fsp3) is 0.318. The lowest BCUT2D eigenvalue weighted by Crippen LogP contribution is -2.40. The van der Waals surface area contributed by atoms with Gasteiger partial charge in [0.2, 0.25) is 0 Å². The van der Waals surface area contributed by atoms with Crippen molar-refractivity contribution < 1.29 is 14.3 Å². The number of nitrogens with one attached hydrogen (secondary N) is 2. The van der Waals surface area contributed by atoms with Crippen molar-refractivity contribution in [1.29, 1.82) is 0 Å². The summed E-state index contributed by atoms with van der Waals surface area (Å²) in [5.41, 5.74) is 2.08. The van der Waals surface area contributed by atoms with Crippen LogP contribution in [0.2, 0.25) is 0 Å². The van der Waals surface area contributed by atoms with Crippen molar-refractivity contribution in [2.24, 2.45) is 0 Å². The summed E-state index contributed by atoms with van der Waals surface area (Å²) in [5, 5.41) is 12.1. The standard InChI is InChI=1S/C22H24N4O3/c1-22(2,3)29-21(28)26-12-11-18-16(13-26)19(25-24-18)20(27)23-17-10-6-8-14-7-4-5-9-15(14)17/h4-10H,11-13H2,1-3H3,(H,23,27)(H,24,25). The van der Waals surface area contributed by atoms with Gasteiger partial charge in [0.15, 0.2) is 5.69 Å². The molecule has 0 radical (unpaired) electrons. The number of benzene rings is 2. The van der Waals surface area contributed by atoms with E-state index in [9.17, 15) is 9.59 Å². The van der Waals surface area contributed by atoms with Gasteiger partial charge < -0.3 is 15.0 Å². The number of fused-ring (bicyclic) bond motifs is 2. The van der Waals surface area contributed by atoms with Gasteiger partial charge in [-0.2, -0.15) is 5.10 Å². The van der Waals surface area contributed by atoms with E-state index in [2.05, 4.69) is 15.5 Å². The normalized spacial score (nSPS) is 13.8. The highest BCUT2D eigenvalue weighted by molar-refractivity contribution is 6.09. The molecule has 0 unspecified atom stereocenters. The van der Waals surface area contributed by atoms with Crippen LogP contribution in [0.5, 0.6) is 0 Å². The summed E-state index contributed by atoms with van der Waals surface area (Å²) >= 11 is 0. The van der Waals surface area contributed by atoms with Gasteiger partial charge >= 0.3 is 6.09 Å². The van der Waals surface area contributed by atoms with Crippen molar-refractivity contribution >= 4 is 28.5 Å². The minimum Gasteiger partial charge on any atom is -0.444 e. The van der Waals surface area contributed by atoms with Crippen molar-refractivity contribution in [3.63, 3.8) is 0 Å². The molecule has 2 aromatic carbocycles. The van der Waals surface area contributed by atoms with Crippen LogP contribution in [0.25, 0.3) is 10.8 Å². The highest BCUT2D eigenvalue weighted by atomic mass is 16.6. The molecule has 1 aromatic heterocycles. The summed E-state index contributed by atoms with van der Waals surface area (Å²) in [4.78, 5) is 27.0. The third-order valence-electron chi connectivity index (χ3n) is 4.84. The van der Waals surface area contributed by atoms with E-state index in [1.807, 2.05) is 63.2 Å². The van der Waals surface area contributed by atoms with E-state index in [-0.39, 0.29) is 12.0 Å². The number of amides is 2. The van der Waals surface area contributed by atoms with Crippen LogP contribution in [0.4, 0.5) is 10.5 Å². The molecule has 1 aliphatic rings. The summed E-state index contributed by atoms with van der Waals surface area (Å²) in [6.07, 6.45) is 0.216. The number of hydrogen-bond acceptors (Lipinski definition) is 4. The van der Waals surface area contributed by atoms with Gasteiger partial charge in [-0.1, -0.05) is 36.4 Å². The summed E-state index contributed by atoms with van der Waals surface area (Å²) in [6.45, 7) is 6.32. The highest BCUT2D eigenvalue weighted by Crippen LogP contribution is 2.26. The van der Waals surface area contributed by atoms with Gasteiger partial charge in [0.1, 0.15) is 5.60 Å². The number of rotatable bonds is 2. The Labute approximate surface area is 169 Å². The topological polar surface area (TPSA) is 87.3 Å². The van der Waals surface area contributed by atoms with Gasteiger partial charge in [0, 0.05) is 35.3 Å². The summed E-state index contributed by atoms with van der Waals surface area (Å²) < 4.78 is 5.47. The van der Waals surface area contributed by atoms with Crippen molar-refractivity contribution in [2.75, 3.05) is 11.9 Å². The second kappa shape index (κ2) is 7.24. The lowest BCUT2D eigenvalue weighted by molar-refractivity contribution is 0.0222.